The van der Waals surface area contributed by atoms with Crippen molar-refractivity contribution in [2.75, 3.05) is 20.3 Å². The highest BCUT2D eigenvalue weighted by atomic mass is 16.6. The molecule has 1 unspecified atom stereocenters. The largest absolute Gasteiger partial charge is 0.478 e. The normalized spacial score (nSPS) is 17.4. The fourth-order valence-corrected chi connectivity index (χ4v) is 4.07. The lowest BCUT2D eigenvalue weighted by molar-refractivity contribution is -0.149. The summed E-state index contributed by atoms with van der Waals surface area (Å²) in [4.78, 5) is 25.8. The summed E-state index contributed by atoms with van der Waals surface area (Å²) in [5, 5.41) is 0. The Balaban J connectivity index is 1.23. The second-order valence-electron chi connectivity index (χ2n) is 7.77. The second-order valence-corrected chi connectivity index (χ2v) is 7.77. The van der Waals surface area contributed by atoms with E-state index < -0.39 is 6.10 Å². The molecule has 158 valence electrons. The van der Waals surface area contributed by atoms with Crippen LogP contribution in [-0.2, 0) is 40.1 Å². The minimum Gasteiger partial charge on any atom is -0.478 e. The molecule has 0 bridgehead atoms. The Kier molecular flexibility index (Phi) is 6.21. The van der Waals surface area contributed by atoms with Crippen molar-refractivity contribution in [1.29, 1.82) is 0 Å². The lowest BCUT2D eigenvalue weighted by Gasteiger charge is -2.28. The van der Waals surface area contributed by atoms with Crippen LogP contribution in [0.5, 0.6) is 5.75 Å². The molecular formula is C24H27NO5. The Bertz CT molecular complexity index is 926. The zero-order valence-electron chi connectivity index (χ0n) is 17.3. The van der Waals surface area contributed by atoms with E-state index in [2.05, 4.69) is 18.2 Å². The number of nitrogens with zero attached hydrogens (tertiary/aromatic N) is 1. The van der Waals surface area contributed by atoms with E-state index in [0.717, 1.165) is 37.0 Å². The number of amides is 1. The maximum Gasteiger partial charge on any atom is 0.410 e. The van der Waals surface area contributed by atoms with E-state index in [0.29, 0.717) is 26.1 Å². The van der Waals surface area contributed by atoms with Gasteiger partial charge in [-0.1, -0.05) is 36.4 Å². The summed E-state index contributed by atoms with van der Waals surface area (Å²) in [6.07, 6.45) is 3.12. The Morgan fingerprint density at radius 2 is 1.93 bits per heavy atom. The van der Waals surface area contributed by atoms with Gasteiger partial charge < -0.3 is 19.1 Å². The van der Waals surface area contributed by atoms with E-state index >= 15 is 0 Å². The summed E-state index contributed by atoms with van der Waals surface area (Å²) in [7, 11) is 1.38. The molecule has 4 rings (SSSR count). The van der Waals surface area contributed by atoms with E-state index in [1.54, 1.807) is 4.90 Å². The van der Waals surface area contributed by atoms with Crippen LogP contribution < -0.4 is 4.74 Å². The summed E-state index contributed by atoms with van der Waals surface area (Å²) >= 11 is 0. The van der Waals surface area contributed by atoms with Crippen LogP contribution in [0, 0.1) is 0 Å². The molecule has 6 nitrogen and oxygen atoms in total. The Morgan fingerprint density at radius 1 is 1.10 bits per heavy atom. The van der Waals surface area contributed by atoms with Gasteiger partial charge in [0.05, 0.1) is 13.7 Å². The number of aryl methyl sites for hydroxylation is 2. The molecule has 1 atom stereocenters. The maximum atomic E-state index is 12.4. The molecule has 2 aromatic carbocycles. The van der Waals surface area contributed by atoms with E-state index in [9.17, 15) is 9.59 Å². The minimum absolute atomic E-state index is 0.239. The molecule has 0 saturated carbocycles. The average Bonchev–Trinajstić information content (AvgIpc) is 2.80. The predicted octanol–water partition coefficient (Wildman–Crippen LogP) is 3.68. The van der Waals surface area contributed by atoms with Crippen molar-refractivity contribution < 1.29 is 23.8 Å². The second kappa shape index (κ2) is 9.20. The molecule has 0 fully saturated rings. The van der Waals surface area contributed by atoms with Gasteiger partial charge in [0.1, 0.15) is 5.75 Å². The van der Waals surface area contributed by atoms with Crippen molar-refractivity contribution in [2.24, 2.45) is 0 Å². The van der Waals surface area contributed by atoms with Gasteiger partial charge in [-0.05, 0) is 60.4 Å². The molecule has 0 radical (unpaired) electrons. The van der Waals surface area contributed by atoms with Crippen LogP contribution >= 0.6 is 0 Å². The van der Waals surface area contributed by atoms with Crippen molar-refractivity contribution in [3.05, 3.63) is 64.7 Å². The number of fused-ring (bicyclic) bond motifs is 2. The van der Waals surface area contributed by atoms with Gasteiger partial charge in [-0.3, -0.25) is 0 Å². The summed E-state index contributed by atoms with van der Waals surface area (Å²) in [5.74, 6) is 0.418. The number of hydrogen-bond acceptors (Lipinski definition) is 5. The molecule has 0 N–H and O–H groups in total. The number of benzene rings is 2. The summed E-state index contributed by atoms with van der Waals surface area (Å²) in [6, 6.07) is 14.3. The molecule has 2 aliphatic heterocycles. The molecular weight excluding hydrogens is 382 g/mol. The fraction of sp³-hybridized carbons (Fsp3) is 0.417. The van der Waals surface area contributed by atoms with Crippen molar-refractivity contribution in [1.82, 2.24) is 4.90 Å². The average molecular weight is 409 g/mol. The van der Waals surface area contributed by atoms with Crippen LogP contribution in [0.2, 0.25) is 0 Å². The topological polar surface area (TPSA) is 65.1 Å². The van der Waals surface area contributed by atoms with Crippen molar-refractivity contribution in [3.63, 3.8) is 0 Å². The lowest BCUT2D eigenvalue weighted by Crippen LogP contribution is -2.36. The molecule has 0 saturated heterocycles. The number of hydrogen-bond donors (Lipinski definition) is 0. The zero-order chi connectivity index (χ0) is 20.9. The molecule has 30 heavy (non-hydrogen) atoms. The first-order valence-electron chi connectivity index (χ1n) is 10.5. The first-order chi connectivity index (χ1) is 14.6. The number of ether oxygens (including phenoxy) is 3. The van der Waals surface area contributed by atoms with Crippen LogP contribution in [0.4, 0.5) is 4.79 Å². The van der Waals surface area contributed by atoms with Crippen molar-refractivity contribution in [2.45, 2.75) is 44.8 Å². The van der Waals surface area contributed by atoms with Gasteiger partial charge in [-0.15, -0.1) is 0 Å². The van der Waals surface area contributed by atoms with Crippen LogP contribution in [0.1, 0.15) is 35.1 Å². The quantitative estimate of drug-likeness (QED) is 0.557. The van der Waals surface area contributed by atoms with Gasteiger partial charge in [0.15, 0.2) is 6.10 Å². The smallest absolute Gasteiger partial charge is 0.410 e. The van der Waals surface area contributed by atoms with Crippen LogP contribution in [0.25, 0.3) is 0 Å². The van der Waals surface area contributed by atoms with Crippen LogP contribution in [0.3, 0.4) is 0 Å². The molecule has 1 amide bonds. The number of carbonyl (C=O) groups excluding carboxylic acids is 2. The van der Waals surface area contributed by atoms with E-state index in [4.69, 9.17) is 14.2 Å². The highest BCUT2D eigenvalue weighted by Crippen LogP contribution is 2.29. The number of esters is 1. The van der Waals surface area contributed by atoms with Crippen molar-refractivity contribution >= 4 is 12.1 Å². The summed E-state index contributed by atoms with van der Waals surface area (Å²) in [6.45, 7) is 1.72. The minimum atomic E-state index is -0.519. The van der Waals surface area contributed by atoms with E-state index in [1.807, 2.05) is 24.3 Å². The van der Waals surface area contributed by atoms with Crippen molar-refractivity contribution in [3.8, 4) is 5.75 Å². The van der Waals surface area contributed by atoms with Gasteiger partial charge in [0.25, 0.3) is 0 Å². The Hall–Kier alpha value is -3.02. The zero-order valence-corrected chi connectivity index (χ0v) is 17.3. The summed E-state index contributed by atoms with van der Waals surface area (Å²) < 4.78 is 16.0. The molecule has 0 aliphatic carbocycles. The van der Waals surface area contributed by atoms with Gasteiger partial charge in [-0.25, -0.2) is 9.59 Å². The first kappa shape index (κ1) is 20.3. The molecule has 0 aromatic heterocycles. The van der Waals surface area contributed by atoms with E-state index in [-0.39, 0.29) is 12.1 Å². The van der Waals surface area contributed by atoms with Gasteiger partial charge in [0, 0.05) is 13.1 Å². The van der Waals surface area contributed by atoms with Gasteiger partial charge in [0.2, 0.25) is 0 Å². The Labute approximate surface area is 176 Å². The molecule has 2 heterocycles. The molecule has 2 aromatic rings. The SMILES string of the molecule is COC(=O)C1CCc2cc(CCCOC(=O)N3CCc4ccccc4C3)ccc2O1. The number of carbonyl (C=O) groups is 2. The van der Waals surface area contributed by atoms with Gasteiger partial charge in [-0.2, -0.15) is 0 Å². The number of methoxy groups -OCH3 is 1. The number of rotatable bonds is 5. The highest BCUT2D eigenvalue weighted by molar-refractivity contribution is 5.75. The van der Waals surface area contributed by atoms with Crippen LogP contribution in [0.15, 0.2) is 42.5 Å². The third-order valence-corrected chi connectivity index (χ3v) is 5.76. The Morgan fingerprint density at radius 3 is 2.77 bits per heavy atom. The molecule has 2 aliphatic rings. The highest BCUT2D eigenvalue weighted by Gasteiger charge is 2.27. The third kappa shape index (κ3) is 4.58. The maximum absolute atomic E-state index is 12.4. The summed E-state index contributed by atoms with van der Waals surface area (Å²) in [5.41, 5.74) is 4.80. The van der Waals surface area contributed by atoms with Crippen LogP contribution in [-0.4, -0.2) is 43.3 Å². The lowest BCUT2D eigenvalue weighted by atomic mass is 9.98. The predicted molar refractivity (Wildman–Crippen MR) is 111 cm³/mol. The molecule has 6 heteroatoms. The third-order valence-electron chi connectivity index (χ3n) is 5.76. The van der Waals surface area contributed by atoms with E-state index in [1.165, 1.54) is 23.8 Å². The standard InChI is InChI=1S/C24H27NO5/c1-28-23(26)22-11-9-19-15-17(8-10-21(19)30-22)5-4-14-29-24(27)25-13-12-18-6-2-3-7-20(18)16-25/h2-3,6-8,10,15,22H,4-5,9,11-14,16H2,1H3. The molecule has 0 spiro atoms. The first-order valence-corrected chi connectivity index (χ1v) is 10.5. The fourth-order valence-electron chi connectivity index (χ4n) is 4.07. The monoisotopic (exact) mass is 409 g/mol. The van der Waals surface area contributed by atoms with Gasteiger partial charge >= 0.3 is 12.1 Å².